The van der Waals surface area contributed by atoms with Gasteiger partial charge in [-0.25, -0.2) is 0 Å². The van der Waals surface area contributed by atoms with E-state index in [0.29, 0.717) is 18.2 Å². The lowest BCUT2D eigenvalue weighted by atomic mass is 10.3. The molecule has 0 saturated heterocycles. The summed E-state index contributed by atoms with van der Waals surface area (Å²) >= 11 is 10.4. The molecule has 0 atom stereocenters. The van der Waals surface area contributed by atoms with Crippen molar-refractivity contribution >= 4 is 46.0 Å². The molecule has 0 amide bonds. The van der Waals surface area contributed by atoms with Crippen LogP contribution < -0.4 is 21.3 Å². The van der Waals surface area contributed by atoms with Crippen LogP contribution in [0.25, 0.3) is 0 Å². The monoisotopic (exact) mass is 330 g/mol. The molecule has 2 aromatic carbocycles. The number of nitrogens with zero attached hydrogens (tertiary/aromatic N) is 1. The lowest BCUT2D eigenvalue weighted by molar-refractivity contribution is 0.864. The summed E-state index contributed by atoms with van der Waals surface area (Å²) in [6.45, 7) is 1.26. The topological polar surface area (TPSA) is 53.3 Å². The predicted octanol–water partition coefficient (Wildman–Crippen LogP) is 2.72. The quantitative estimate of drug-likeness (QED) is 0.733. The second-order valence-electron chi connectivity index (χ2n) is 4.57. The van der Waals surface area contributed by atoms with Gasteiger partial charge in [-0.05, 0) is 48.7 Å². The number of nitrogens with two attached hydrogens (primary N) is 1. The molecule has 0 aliphatic carbocycles. The number of rotatable bonds is 5. The lowest BCUT2D eigenvalue weighted by Gasteiger charge is -2.26. The van der Waals surface area contributed by atoms with Gasteiger partial charge in [0.2, 0.25) is 0 Å². The lowest BCUT2D eigenvalue weighted by Crippen LogP contribution is -2.42. The van der Waals surface area contributed by atoms with Crippen LogP contribution in [-0.2, 0) is 0 Å². The Kier molecular flexibility index (Phi) is 6.12. The number of nitrogens with one attached hydrogen (secondary N) is 2. The largest absolute Gasteiger partial charge is 0.376 e. The van der Waals surface area contributed by atoms with Gasteiger partial charge in [-0.1, -0.05) is 36.4 Å². The van der Waals surface area contributed by atoms with Crippen molar-refractivity contribution in [2.45, 2.75) is 0 Å². The molecule has 22 heavy (non-hydrogen) atoms. The van der Waals surface area contributed by atoms with E-state index in [4.69, 9.17) is 30.2 Å². The fraction of sp³-hybridized carbons (Fsp3) is 0.125. The molecule has 0 aliphatic rings. The zero-order valence-electron chi connectivity index (χ0n) is 12.0. The fourth-order valence-corrected chi connectivity index (χ4v) is 2.38. The van der Waals surface area contributed by atoms with Crippen LogP contribution in [0.2, 0.25) is 0 Å². The molecule has 0 heterocycles. The molecule has 2 aromatic rings. The van der Waals surface area contributed by atoms with E-state index in [1.165, 1.54) is 0 Å². The SMILES string of the molecule is NC(=S)NCCN(C(=S)Nc1ccccc1)c1ccccc1. The normalized spacial score (nSPS) is 9.82. The smallest absolute Gasteiger partial charge is 0.178 e. The standard InChI is InChI=1S/C16H18N4S2/c17-15(21)18-11-12-20(14-9-5-2-6-10-14)16(22)19-13-7-3-1-4-8-13/h1-10H,11-12H2,(H,19,22)(H3,17,18,21). The number of hydrogen-bond acceptors (Lipinski definition) is 2. The van der Waals surface area contributed by atoms with Gasteiger partial charge >= 0.3 is 0 Å². The molecule has 0 saturated carbocycles. The molecule has 0 spiro atoms. The van der Waals surface area contributed by atoms with Crippen molar-refractivity contribution in [3.8, 4) is 0 Å². The molecule has 4 nitrogen and oxygen atoms in total. The summed E-state index contributed by atoms with van der Waals surface area (Å²) < 4.78 is 0. The maximum atomic E-state index is 5.54. The van der Waals surface area contributed by atoms with Crippen LogP contribution in [0, 0.1) is 0 Å². The van der Waals surface area contributed by atoms with E-state index >= 15 is 0 Å². The van der Waals surface area contributed by atoms with E-state index in [0.717, 1.165) is 11.4 Å². The summed E-state index contributed by atoms with van der Waals surface area (Å²) in [7, 11) is 0. The van der Waals surface area contributed by atoms with Gasteiger partial charge in [-0.15, -0.1) is 0 Å². The fourth-order valence-electron chi connectivity index (χ4n) is 1.96. The maximum Gasteiger partial charge on any atom is 0.178 e. The first kappa shape index (κ1) is 16.2. The minimum atomic E-state index is 0.287. The van der Waals surface area contributed by atoms with Crippen LogP contribution in [0.5, 0.6) is 0 Å². The molecule has 0 fully saturated rings. The van der Waals surface area contributed by atoms with Gasteiger partial charge in [-0.3, -0.25) is 0 Å². The second kappa shape index (κ2) is 8.31. The van der Waals surface area contributed by atoms with Gasteiger partial charge in [0, 0.05) is 24.5 Å². The molecule has 0 aromatic heterocycles. The first-order valence-electron chi connectivity index (χ1n) is 6.89. The Bertz CT molecular complexity index is 617. The zero-order valence-corrected chi connectivity index (χ0v) is 13.7. The van der Waals surface area contributed by atoms with Crippen LogP contribution >= 0.6 is 24.4 Å². The Balaban J connectivity index is 2.09. The van der Waals surface area contributed by atoms with Crippen molar-refractivity contribution in [2.24, 2.45) is 5.73 Å². The van der Waals surface area contributed by atoms with Gasteiger partial charge in [0.1, 0.15) is 0 Å². The highest BCUT2D eigenvalue weighted by Gasteiger charge is 2.11. The number of para-hydroxylation sites is 2. The van der Waals surface area contributed by atoms with E-state index < -0.39 is 0 Å². The van der Waals surface area contributed by atoms with E-state index in [-0.39, 0.29) is 5.11 Å². The number of anilines is 2. The van der Waals surface area contributed by atoms with Crippen LogP contribution in [-0.4, -0.2) is 23.3 Å². The van der Waals surface area contributed by atoms with Gasteiger partial charge in [-0.2, -0.15) is 0 Å². The third-order valence-electron chi connectivity index (χ3n) is 2.97. The van der Waals surface area contributed by atoms with Crippen LogP contribution in [0.15, 0.2) is 60.7 Å². The molecule has 0 bridgehead atoms. The molecule has 2 rings (SSSR count). The Labute approximate surface area is 141 Å². The van der Waals surface area contributed by atoms with E-state index in [1.807, 2.05) is 65.6 Å². The van der Waals surface area contributed by atoms with Crippen molar-refractivity contribution in [3.05, 3.63) is 60.7 Å². The first-order chi connectivity index (χ1) is 10.7. The highest BCUT2D eigenvalue weighted by Crippen LogP contribution is 2.15. The average molecular weight is 330 g/mol. The van der Waals surface area contributed by atoms with Crippen LogP contribution in [0.4, 0.5) is 11.4 Å². The van der Waals surface area contributed by atoms with Gasteiger partial charge < -0.3 is 21.3 Å². The molecular formula is C16H18N4S2. The molecular weight excluding hydrogens is 312 g/mol. The molecule has 4 N–H and O–H groups in total. The number of hydrogen-bond donors (Lipinski definition) is 3. The summed E-state index contributed by atoms with van der Waals surface area (Å²) in [5.74, 6) is 0. The number of benzene rings is 2. The van der Waals surface area contributed by atoms with Crippen LogP contribution in [0.3, 0.4) is 0 Å². The summed E-state index contributed by atoms with van der Waals surface area (Å²) in [6, 6.07) is 19.8. The van der Waals surface area contributed by atoms with E-state index in [1.54, 1.807) is 0 Å². The van der Waals surface area contributed by atoms with Gasteiger partial charge in [0.25, 0.3) is 0 Å². The van der Waals surface area contributed by atoms with E-state index in [9.17, 15) is 0 Å². The molecule has 0 unspecified atom stereocenters. The van der Waals surface area contributed by atoms with Crippen LogP contribution in [0.1, 0.15) is 0 Å². The molecule has 0 aliphatic heterocycles. The minimum Gasteiger partial charge on any atom is -0.376 e. The molecule has 114 valence electrons. The highest BCUT2D eigenvalue weighted by molar-refractivity contribution is 7.80. The van der Waals surface area contributed by atoms with Crippen molar-refractivity contribution in [2.75, 3.05) is 23.3 Å². The molecule has 6 heteroatoms. The Morgan fingerprint density at radius 3 is 2.14 bits per heavy atom. The number of thiocarbonyl (C=S) groups is 2. The van der Waals surface area contributed by atoms with Crippen molar-refractivity contribution in [3.63, 3.8) is 0 Å². The van der Waals surface area contributed by atoms with Crippen molar-refractivity contribution in [1.29, 1.82) is 0 Å². The summed E-state index contributed by atoms with van der Waals surface area (Å²) in [5, 5.41) is 7.10. The zero-order chi connectivity index (χ0) is 15.8. The van der Waals surface area contributed by atoms with Crippen molar-refractivity contribution < 1.29 is 0 Å². The summed E-state index contributed by atoms with van der Waals surface area (Å²) in [5.41, 5.74) is 7.44. The van der Waals surface area contributed by atoms with E-state index in [2.05, 4.69) is 10.6 Å². The Morgan fingerprint density at radius 1 is 0.955 bits per heavy atom. The predicted molar refractivity (Wildman–Crippen MR) is 101 cm³/mol. The first-order valence-corrected chi connectivity index (χ1v) is 7.70. The third kappa shape index (κ3) is 4.98. The molecule has 0 radical (unpaired) electrons. The van der Waals surface area contributed by atoms with Crippen molar-refractivity contribution in [1.82, 2.24) is 5.32 Å². The summed E-state index contributed by atoms with van der Waals surface area (Å²) in [6.07, 6.45) is 0. The van der Waals surface area contributed by atoms with Gasteiger partial charge in [0.05, 0.1) is 0 Å². The minimum absolute atomic E-state index is 0.287. The average Bonchev–Trinajstić information content (AvgIpc) is 2.53. The van der Waals surface area contributed by atoms with Gasteiger partial charge in [0.15, 0.2) is 10.2 Å². The highest BCUT2D eigenvalue weighted by atomic mass is 32.1. The summed E-state index contributed by atoms with van der Waals surface area (Å²) in [4.78, 5) is 2.01. The Hall–Kier alpha value is -2.18. The maximum absolute atomic E-state index is 5.54. The Morgan fingerprint density at radius 2 is 1.55 bits per heavy atom. The third-order valence-corrected chi connectivity index (χ3v) is 3.44. The second-order valence-corrected chi connectivity index (χ2v) is 5.40.